The molecule has 1 fully saturated rings. The maximum atomic E-state index is 10.8. The van der Waals surface area contributed by atoms with Gasteiger partial charge in [0.25, 0.3) is 0 Å². The number of carboxylic acids is 1. The number of likely N-dealkylation sites (tertiary alicyclic amines) is 1. The lowest BCUT2D eigenvalue weighted by Gasteiger charge is -2.44. The van der Waals surface area contributed by atoms with Gasteiger partial charge in [0.05, 0.1) is 5.92 Å². The van der Waals surface area contributed by atoms with E-state index in [1.165, 1.54) is 12.8 Å². The minimum Gasteiger partial charge on any atom is -0.481 e. The predicted molar refractivity (Wildman–Crippen MR) is 56.2 cm³/mol. The van der Waals surface area contributed by atoms with Gasteiger partial charge in [0.15, 0.2) is 0 Å². The van der Waals surface area contributed by atoms with Crippen molar-refractivity contribution in [2.24, 2.45) is 11.8 Å². The largest absolute Gasteiger partial charge is 0.481 e. The molecule has 2 atom stereocenters. The van der Waals surface area contributed by atoms with E-state index in [0.29, 0.717) is 0 Å². The summed E-state index contributed by atoms with van der Waals surface area (Å²) in [7, 11) is 0. The normalized spacial score (nSPS) is 22.8. The minimum atomic E-state index is -0.684. The molecule has 14 heavy (non-hydrogen) atoms. The standard InChI is InChI=1S/C11H21NO2/c1-4-5-10-6-12(7-10)9(3)8(2)11(13)14/h8-10H,4-7H2,1-3H3,(H,13,14). The molecule has 0 radical (unpaired) electrons. The van der Waals surface area contributed by atoms with E-state index >= 15 is 0 Å². The van der Waals surface area contributed by atoms with Crippen LogP contribution in [0.2, 0.25) is 0 Å². The van der Waals surface area contributed by atoms with Gasteiger partial charge in [-0.1, -0.05) is 20.3 Å². The summed E-state index contributed by atoms with van der Waals surface area (Å²) in [4.78, 5) is 13.0. The van der Waals surface area contributed by atoms with Crippen LogP contribution in [0.4, 0.5) is 0 Å². The first-order chi connectivity index (χ1) is 6.56. The van der Waals surface area contributed by atoms with E-state index in [1.807, 2.05) is 6.92 Å². The van der Waals surface area contributed by atoms with Gasteiger partial charge in [-0.2, -0.15) is 0 Å². The summed E-state index contributed by atoms with van der Waals surface area (Å²) in [6, 6.07) is 0.181. The highest BCUT2D eigenvalue weighted by Crippen LogP contribution is 2.25. The maximum Gasteiger partial charge on any atom is 0.307 e. The number of hydrogen-bond acceptors (Lipinski definition) is 2. The van der Waals surface area contributed by atoms with E-state index in [1.54, 1.807) is 6.92 Å². The lowest BCUT2D eigenvalue weighted by atomic mass is 9.90. The number of hydrogen-bond donors (Lipinski definition) is 1. The fourth-order valence-corrected chi connectivity index (χ4v) is 2.06. The maximum absolute atomic E-state index is 10.8. The average Bonchev–Trinajstić information content (AvgIpc) is 2.08. The van der Waals surface area contributed by atoms with Gasteiger partial charge in [-0.05, 0) is 19.3 Å². The molecule has 1 N–H and O–H groups in total. The Kier molecular flexibility index (Phi) is 3.93. The Bertz CT molecular complexity index is 199. The van der Waals surface area contributed by atoms with Crippen LogP contribution in [-0.4, -0.2) is 35.1 Å². The number of nitrogens with zero attached hydrogens (tertiary/aromatic N) is 1. The molecule has 0 bridgehead atoms. The highest BCUT2D eigenvalue weighted by molar-refractivity contribution is 5.70. The average molecular weight is 199 g/mol. The first kappa shape index (κ1) is 11.5. The molecule has 0 aromatic carbocycles. The Hall–Kier alpha value is -0.570. The highest BCUT2D eigenvalue weighted by atomic mass is 16.4. The van der Waals surface area contributed by atoms with E-state index < -0.39 is 5.97 Å². The van der Waals surface area contributed by atoms with Gasteiger partial charge in [0.1, 0.15) is 0 Å². The molecule has 82 valence electrons. The van der Waals surface area contributed by atoms with Crippen LogP contribution < -0.4 is 0 Å². The van der Waals surface area contributed by atoms with Gasteiger partial charge in [0.2, 0.25) is 0 Å². The predicted octanol–water partition coefficient (Wildman–Crippen LogP) is 1.83. The molecule has 0 aromatic rings. The van der Waals surface area contributed by atoms with Crippen LogP contribution in [-0.2, 0) is 4.79 Å². The quantitative estimate of drug-likeness (QED) is 0.734. The fraction of sp³-hybridized carbons (Fsp3) is 0.909. The lowest BCUT2D eigenvalue weighted by Crippen LogP contribution is -2.53. The summed E-state index contributed by atoms with van der Waals surface area (Å²) in [5.41, 5.74) is 0. The summed E-state index contributed by atoms with van der Waals surface area (Å²) in [6.45, 7) is 8.19. The summed E-state index contributed by atoms with van der Waals surface area (Å²) < 4.78 is 0. The number of rotatable bonds is 5. The van der Waals surface area contributed by atoms with Crippen molar-refractivity contribution >= 4 is 5.97 Å². The molecule has 1 aliphatic rings. The molecule has 0 amide bonds. The Labute approximate surface area is 86.1 Å². The zero-order chi connectivity index (χ0) is 10.7. The van der Waals surface area contributed by atoms with E-state index in [0.717, 1.165) is 19.0 Å². The third-order valence-electron chi connectivity index (χ3n) is 3.37. The molecule has 3 heteroatoms. The van der Waals surface area contributed by atoms with E-state index in [4.69, 9.17) is 5.11 Å². The third-order valence-corrected chi connectivity index (χ3v) is 3.37. The Morgan fingerprint density at radius 3 is 2.50 bits per heavy atom. The van der Waals surface area contributed by atoms with Gasteiger partial charge >= 0.3 is 5.97 Å². The molecule has 0 aromatic heterocycles. The molecule has 3 nitrogen and oxygen atoms in total. The van der Waals surface area contributed by atoms with E-state index in [9.17, 15) is 4.79 Å². The van der Waals surface area contributed by atoms with Crippen LogP contribution in [0.5, 0.6) is 0 Å². The second-order valence-corrected chi connectivity index (χ2v) is 4.48. The number of aliphatic carboxylic acids is 1. The zero-order valence-electron chi connectivity index (χ0n) is 9.36. The van der Waals surface area contributed by atoms with Crippen LogP contribution in [0, 0.1) is 11.8 Å². The lowest BCUT2D eigenvalue weighted by molar-refractivity contribution is -0.144. The zero-order valence-corrected chi connectivity index (χ0v) is 9.36. The molecular weight excluding hydrogens is 178 g/mol. The van der Waals surface area contributed by atoms with Crippen molar-refractivity contribution < 1.29 is 9.90 Å². The molecule has 1 rings (SSSR count). The van der Waals surface area contributed by atoms with E-state index in [-0.39, 0.29) is 12.0 Å². The Balaban J connectivity index is 2.28. The van der Waals surface area contributed by atoms with Crippen LogP contribution in [0.3, 0.4) is 0 Å². The van der Waals surface area contributed by atoms with Gasteiger partial charge in [-0.15, -0.1) is 0 Å². The second-order valence-electron chi connectivity index (χ2n) is 4.48. The molecular formula is C11H21NO2. The highest BCUT2D eigenvalue weighted by Gasteiger charge is 2.33. The summed E-state index contributed by atoms with van der Waals surface area (Å²) in [5.74, 6) is -0.127. The van der Waals surface area contributed by atoms with Crippen molar-refractivity contribution in [1.82, 2.24) is 4.90 Å². The molecule has 0 saturated carbocycles. The summed E-state index contributed by atoms with van der Waals surface area (Å²) >= 11 is 0. The molecule has 0 spiro atoms. The minimum absolute atomic E-state index is 0.181. The monoisotopic (exact) mass is 199 g/mol. The Morgan fingerprint density at radius 2 is 2.07 bits per heavy atom. The van der Waals surface area contributed by atoms with Crippen LogP contribution in [0.1, 0.15) is 33.6 Å². The van der Waals surface area contributed by atoms with Crippen LogP contribution in [0.25, 0.3) is 0 Å². The smallest absolute Gasteiger partial charge is 0.307 e. The first-order valence-corrected chi connectivity index (χ1v) is 5.53. The van der Waals surface area contributed by atoms with Crippen LogP contribution in [0.15, 0.2) is 0 Å². The molecule has 1 aliphatic heterocycles. The molecule has 2 unspecified atom stereocenters. The molecule has 1 heterocycles. The SMILES string of the molecule is CCCC1CN(C(C)C(C)C(=O)O)C1. The van der Waals surface area contributed by atoms with Crippen molar-refractivity contribution in [2.45, 2.75) is 39.7 Å². The van der Waals surface area contributed by atoms with Gasteiger partial charge in [-0.3, -0.25) is 9.69 Å². The number of carboxylic acid groups (broad SMARTS) is 1. The fourth-order valence-electron chi connectivity index (χ4n) is 2.06. The summed E-state index contributed by atoms with van der Waals surface area (Å²) in [6.07, 6.45) is 2.52. The van der Waals surface area contributed by atoms with Gasteiger partial charge in [0, 0.05) is 19.1 Å². The second kappa shape index (κ2) is 4.78. The Morgan fingerprint density at radius 1 is 1.50 bits per heavy atom. The van der Waals surface area contributed by atoms with E-state index in [2.05, 4.69) is 11.8 Å². The summed E-state index contributed by atoms with van der Waals surface area (Å²) in [5, 5.41) is 8.86. The van der Waals surface area contributed by atoms with Crippen molar-refractivity contribution in [2.75, 3.05) is 13.1 Å². The number of carbonyl (C=O) groups is 1. The first-order valence-electron chi connectivity index (χ1n) is 5.53. The van der Waals surface area contributed by atoms with Crippen LogP contribution >= 0.6 is 0 Å². The molecule has 1 saturated heterocycles. The topological polar surface area (TPSA) is 40.5 Å². The van der Waals surface area contributed by atoms with Crippen molar-refractivity contribution in [3.63, 3.8) is 0 Å². The van der Waals surface area contributed by atoms with Crippen molar-refractivity contribution in [1.29, 1.82) is 0 Å². The van der Waals surface area contributed by atoms with Gasteiger partial charge < -0.3 is 5.11 Å². The van der Waals surface area contributed by atoms with Crippen molar-refractivity contribution in [3.05, 3.63) is 0 Å². The van der Waals surface area contributed by atoms with Crippen molar-refractivity contribution in [3.8, 4) is 0 Å². The molecule has 0 aliphatic carbocycles. The third kappa shape index (κ3) is 2.47. The van der Waals surface area contributed by atoms with Gasteiger partial charge in [-0.25, -0.2) is 0 Å².